The Hall–Kier alpha value is -2.09. The monoisotopic (exact) mass is 266 g/mol. The van der Waals surface area contributed by atoms with Crippen LogP contribution in [0.1, 0.15) is 39.0 Å². The van der Waals surface area contributed by atoms with Gasteiger partial charge in [-0.1, -0.05) is 30.3 Å². The molecule has 0 spiro atoms. The fourth-order valence-corrected chi connectivity index (χ4v) is 2.98. The van der Waals surface area contributed by atoms with Crippen LogP contribution in [0.15, 0.2) is 36.4 Å². The van der Waals surface area contributed by atoms with Gasteiger partial charge in [-0.15, -0.1) is 0 Å². The minimum Gasteiger partial charge on any atom is -0.488 e. The van der Waals surface area contributed by atoms with Crippen LogP contribution < -0.4 is 4.74 Å². The molecule has 20 heavy (non-hydrogen) atoms. The lowest BCUT2D eigenvalue weighted by Crippen LogP contribution is -2.03. The predicted molar refractivity (Wildman–Crippen MR) is 79.4 cm³/mol. The summed E-state index contributed by atoms with van der Waals surface area (Å²) >= 11 is 0. The molecule has 0 unspecified atom stereocenters. The first-order valence-corrected chi connectivity index (χ1v) is 7.07. The molecule has 0 aliphatic heterocycles. The Morgan fingerprint density at radius 2 is 1.90 bits per heavy atom. The van der Waals surface area contributed by atoms with Crippen molar-refractivity contribution in [2.75, 3.05) is 0 Å². The Balaban J connectivity index is 1.92. The van der Waals surface area contributed by atoms with Gasteiger partial charge in [-0.2, -0.15) is 0 Å². The molecule has 0 heterocycles. The number of aryl methyl sites for hydroxylation is 1. The summed E-state index contributed by atoms with van der Waals surface area (Å²) in [6, 6.07) is 12.0. The van der Waals surface area contributed by atoms with Crippen molar-refractivity contribution in [1.29, 1.82) is 0 Å². The zero-order valence-electron chi connectivity index (χ0n) is 11.7. The number of carbonyl (C=O) groups is 1. The Kier molecular flexibility index (Phi) is 3.55. The zero-order valence-corrected chi connectivity index (χ0v) is 11.7. The average Bonchev–Trinajstić information content (AvgIpc) is 2.97. The number of aldehydes is 1. The van der Waals surface area contributed by atoms with Gasteiger partial charge in [-0.3, -0.25) is 4.79 Å². The first kappa shape index (κ1) is 12.9. The van der Waals surface area contributed by atoms with Crippen molar-refractivity contribution in [3.63, 3.8) is 0 Å². The average molecular weight is 266 g/mol. The number of hydrogen-bond acceptors (Lipinski definition) is 2. The molecule has 0 saturated carbocycles. The number of benzene rings is 2. The maximum atomic E-state index is 11.3. The summed E-state index contributed by atoms with van der Waals surface area (Å²) in [7, 11) is 0. The van der Waals surface area contributed by atoms with Crippen LogP contribution in [0.5, 0.6) is 5.75 Å². The topological polar surface area (TPSA) is 26.3 Å². The molecule has 0 saturated heterocycles. The van der Waals surface area contributed by atoms with Crippen molar-refractivity contribution in [2.24, 2.45) is 0 Å². The second-order valence-corrected chi connectivity index (χ2v) is 5.31. The molecule has 0 amide bonds. The van der Waals surface area contributed by atoms with E-state index in [0.29, 0.717) is 12.2 Å². The Morgan fingerprint density at radius 1 is 1.15 bits per heavy atom. The molecule has 1 aliphatic rings. The molecule has 0 fully saturated rings. The fraction of sp³-hybridized carbons (Fsp3) is 0.278. The Morgan fingerprint density at radius 3 is 2.65 bits per heavy atom. The van der Waals surface area contributed by atoms with Gasteiger partial charge in [0.05, 0.1) is 5.56 Å². The van der Waals surface area contributed by atoms with E-state index in [2.05, 4.69) is 6.92 Å². The summed E-state index contributed by atoms with van der Waals surface area (Å²) < 4.78 is 5.98. The van der Waals surface area contributed by atoms with Crippen molar-refractivity contribution in [3.05, 3.63) is 64.2 Å². The smallest absolute Gasteiger partial charge is 0.153 e. The van der Waals surface area contributed by atoms with Gasteiger partial charge in [0, 0.05) is 0 Å². The number of fused-ring (bicyclic) bond motifs is 1. The number of ether oxygens (including phenoxy) is 1. The van der Waals surface area contributed by atoms with E-state index in [1.54, 1.807) is 0 Å². The second kappa shape index (κ2) is 5.49. The molecule has 0 bridgehead atoms. The third-order valence-electron chi connectivity index (χ3n) is 3.96. The van der Waals surface area contributed by atoms with Crippen LogP contribution in [0.2, 0.25) is 0 Å². The number of carbonyl (C=O) groups excluding carboxylic acids is 1. The molecule has 0 radical (unpaired) electrons. The number of hydrogen-bond donors (Lipinski definition) is 0. The molecule has 2 nitrogen and oxygen atoms in total. The first-order chi connectivity index (χ1) is 9.79. The predicted octanol–water partition coefficient (Wildman–Crippen LogP) is 3.88. The van der Waals surface area contributed by atoms with Crippen LogP contribution >= 0.6 is 0 Å². The van der Waals surface area contributed by atoms with Crippen LogP contribution in [0.25, 0.3) is 0 Å². The lowest BCUT2D eigenvalue weighted by atomic mass is 9.99. The third-order valence-corrected chi connectivity index (χ3v) is 3.96. The zero-order chi connectivity index (χ0) is 13.9. The Labute approximate surface area is 119 Å². The van der Waals surface area contributed by atoms with Crippen molar-refractivity contribution in [2.45, 2.75) is 32.8 Å². The summed E-state index contributed by atoms with van der Waals surface area (Å²) in [5.74, 6) is 0.793. The van der Waals surface area contributed by atoms with Crippen LogP contribution in [-0.2, 0) is 19.4 Å². The van der Waals surface area contributed by atoms with Crippen molar-refractivity contribution in [3.8, 4) is 5.75 Å². The van der Waals surface area contributed by atoms with Gasteiger partial charge < -0.3 is 4.74 Å². The molecule has 0 atom stereocenters. The lowest BCUT2D eigenvalue weighted by molar-refractivity contribution is 0.111. The van der Waals surface area contributed by atoms with E-state index in [1.807, 2.05) is 36.4 Å². The lowest BCUT2D eigenvalue weighted by Gasteiger charge is -2.15. The highest BCUT2D eigenvalue weighted by Gasteiger charge is 2.21. The minimum absolute atomic E-state index is 0.511. The summed E-state index contributed by atoms with van der Waals surface area (Å²) in [4.78, 5) is 11.3. The summed E-state index contributed by atoms with van der Waals surface area (Å²) in [5, 5.41) is 0. The van der Waals surface area contributed by atoms with E-state index in [9.17, 15) is 4.79 Å². The molecule has 2 aromatic rings. The van der Waals surface area contributed by atoms with Crippen molar-refractivity contribution >= 4 is 6.29 Å². The highest BCUT2D eigenvalue weighted by Crippen LogP contribution is 2.36. The number of rotatable bonds is 4. The molecule has 2 aromatic carbocycles. The van der Waals surface area contributed by atoms with Crippen molar-refractivity contribution < 1.29 is 9.53 Å². The second-order valence-electron chi connectivity index (χ2n) is 5.31. The SMILES string of the molecule is Cc1cc(C=O)c(OCc2ccccc2)c2c1CCC2. The van der Waals surface area contributed by atoms with Crippen LogP contribution in [0, 0.1) is 6.92 Å². The maximum absolute atomic E-state index is 11.3. The molecule has 3 rings (SSSR count). The molecule has 1 aliphatic carbocycles. The van der Waals surface area contributed by atoms with Gasteiger partial charge in [-0.05, 0) is 54.5 Å². The van der Waals surface area contributed by atoms with E-state index >= 15 is 0 Å². The molecular weight excluding hydrogens is 248 g/mol. The van der Waals surface area contributed by atoms with E-state index in [4.69, 9.17) is 4.74 Å². The van der Waals surface area contributed by atoms with Gasteiger partial charge >= 0.3 is 0 Å². The summed E-state index contributed by atoms with van der Waals surface area (Å²) in [6.07, 6.45) is 4.18. The van der Waals surface area contributed by atoms with Gasteiger partial charge in [0.15, 0.2) is 6.29 Å². The van der Waals surface area contributed by atoms with Gasteiger partial charge in [0.1, 0.15) is 12.4 Å². The maximum Gasteiger partial charge on any atom is 0.153 e. The highest BCUT2D eigenvalue weighted by atomic mass is 16.5. The quantitative estimate of drug-likeness (QED) is 0.785. The van der Waals surface area contributed by atoms with Gasteiger partial charge in [0.25, 0.3) is 0 Å². The van der Waals surface area contributed by atoms with E-state index < -0.39 is 0 Å². The molecular formula is C18H18O2. The van der Waals surface area contributed by atoms with E-state index in [1.165, 1.54) is 16.7 Å². The van der Waals surface area contributed by atoms with Crippen LogP contribution in [0.3, 0.4) is 0 Å². The van der Waals surface area contributed by atoms with Crippen LogP contribution in [-0.4, -0.2) is 6.29 Å². The van der Waals surface area contributed by atoms with Crippen molar-refractivity contribution in [1.82, 2.24) is 0 Å². The summed E-state index contributed by atoms with van der Waals surface area (Å²) in [6.45, 7) is 2.59. The highest BCUT2D eigenvalue weighted by molar-refractivity contribution is 5.81. The Bertz CT molecular complexity index is 630. The molecule has 102 valence electrons. The third kappa shape index (κ3) is 2.34. The standard InChI is InChI=1S/C18H18O2/c1-13-10-15(11-19)18(17-9-5-8-16(13)17)20-12-14-6-3-2-4-7-14/h2-4,6-7,10-11H,5,8-9,12H2,1H3. The fourth-order valence-electron chi connectivity index (χ4n) is 2.98. The molecule has 0 aromatic heterocycles. The van der Waals surface area contributed by atoms with Gasteiger partial charge in [0.2, 0.25) is 0 Å². The molecule has 0 N–H and O–H groups in total. The molecule has 2 heteroatoms. The van der Waals surface area contributed by atoms with E-state index in [-0.39, 0.29) is 0 Å². The first-order valence-electron chi connectivity index (χ1n) is 7.07. The van der Waals surface area contributed by atoms with E-state index in [0.717, 1.165) is 36.9 Å². The van der Waals surface area contributed by atoms with Gasteiger partial charge in [-0.25, -0.2) is 0 Å². The normalized spacial score (nSPS) is 13.1. The largest absolute Gasteiger partial charge is 0.488 e. The minimum atomic E-state index is 0.511. The van der Waals surface area contributed by atoms with Crippen LogP contribution in [0.4, 0.5) is 0 Å². The summed E-state index contributed by atoms with van der Waals surface area (Å²) in [5.41, 5.74) is 5.63.